The van der Waals surface area contributed by atoms with Crippen LogP contribution in [0.5, 0.6) is 0 Å². The Hall–Kier alpha value is 0.0921. The number of aliphatic carboxylic acids is 1. The number of carbonyl (C=O) groups is 1. The second-order valence-corrected chi connectivity index (χ2v) is 5.89. The number of allylic oxidation sites excluding steroid dienone is 1. The van der Waals surface area contributed by atoms with Crippen LogP contribution >= 0.6 is 0 Å². The third-order valence-corrected chi connectivity index (χ3v) is 3.72. The van der Waals surface area contributed by atoms with E-state index in [1.165, 1.54) is 19.3 Å². The smallest absolute Gasteiger partial charge is 0.550 e. The summed E-state index contributed by atoms with van der Waals surface area (Å²) >= 11 is 0. The van der Waals surface area contributed by atoms with E-state index >= 15 is 0 Å². The number of hydrogen-bond donors (Lipinski definition) is 1. The minimum Gasteiger partial charge on any atom is -0.550 e. The molecule has 0 aliphatic heterocycles. The largest absolute Gasteiger partial charge is 1.00 e. The standard InChI is InChI=1S/C18H34O3.Tl/c1-2-3-4-11-14-17(19)15-12-9-7-5-6-8-10-13-16-18(20)21;/h9,12,17,19H,2-8,10-11,13-16H2,1H3,(H,20,21);/q;+1/p-1/b12-9-;/t17-;/m1./s1. The van der Waals surface area contributed by atoms with Gasteiger partial charge in [0.25, 0.3) is 0 Å². The van der Waals surface area contributed by atoms with E-state index in [9.17, 15) is 15.0 Å². The van der Waals surface area contributed by atoms with E-state index in [1.54, 1.807) is 0 Å². The van der Waals surface area contributed by atoms with E-state index in [0.29, 0.717) is 0 Å². The van der Waals surface area contributed by atoms with Crippen LogP contribution in [-0.4, -0.2) is 44.5 Å². The molecule has 0 fully saturated rings. The number of aliphatic hydroxyl groups is 1. The van der Waals surface area contributed by atoms with Crippen LogP contribution in [-0.2, 0) is 4.79 Å². The summed E-state index contributed by atoms with van der Waals surface area (Å²) in [5, 5.41) is 20.0. The van der Waals surface area contributed by atoms with Crippen LogP contribution in [0.25, 0.3) is 0 Å². The van der Waals surface area contributed by atoms with E-state index in [2.05, 4.69) is 19.1 Å². The van der Waals surface area contributed by atoms with Crippen molar-refractivity contribution >= 4 is 33.3 Å². The Morgan fingerprint density at radius 2 is 1.64 bits per heavy atom. The summed E-state index contributed by atoms with van der Waals surface area (Å²) in [7, 11) is 0. The minimum absolute atomic E-state index is 0. The Bertz CT molecular complexity index is 267. The van der Waals surface area contributed by atoms with Gasteiger partial charge in [-0.1, -0.05) is 64.0 Å². The third-order valence-electron chi connectivity index (χ3n) is 3.72. The first-order chi connectivity index (χ1) is 10.2. The molecule has 0 bridgehead atoms. The predicted octanol–water partition coefficient (Wildman–Crippen LogP) is 3.36. The second-order valence-electron chi connectivity index (χ2n) is 5.89. The summed E-state index contributed by atoms with van der Waals surface area (Å²) < 4.78 is 0. The molecule has 0 amide bonds. The molecule has 0 radical (unpaired) electrons. The molecule has 4 heteroatoms. The van der Waals surface area contributed by atoms with E-state index in [-0.39, 0.29) is 39.8 Å². The predicted molar refractivity (Wildman–Crippen MR) is 91.6 cm³/mol. The van der Waals surface area contributed by atoms with Crippen molar-refractivity contribution in [3.8, 4) is 0 Å². The van der Waals surface area contributed by atoms with Gasteiger partial charge in [0.05, 0.1) is 6.10 Å². The third kappa shape index (κ3) is 20.1. The zero-order valence-electron chi connectivity index (χ0n) is 14.3. The summed E-state index contributed by atoms with van der Waals surface area (Å²) in [6, 6.07) is 0. The van der Waals surface area contributed by atoms with Crippen LogP contribution in [0.4, 0.5) is 0 Å². The summed E-state index contributed by atoms with van der Waals surface area (Å²) in [4.78, 5) is 10.2. The molecule has 0 spiro atoms. The Morgan fingerprint density at radius 1 is 1.00 bits per heavy atom. The maximum Gasteiger partial charge on any atom is 1.00 e. The molecule has 0 saturated heterocycles. The molecular weight excluding hydrogens is 469 g/mol. The van der Waals surface area contributed by atoms with Gasteiger partial charge in [0.15, 0.2) is 0 Å². The SMILES string of the molecule is CCCCCC[C@@H](O)C/C=C\CCCCCCCC(=O)[O-].[Tl+]. The number of aliphatic hydroxyl groups excluding tert-OH is 1. The van der Waals surface area contributed by atoms with Crippen molar-refractivity contribution in [2.75, 3.05) is 0 Å². The topological polar surface area (TPSA) is 60.4 Å². The summed E-state index contributed by atoms with van der Waals surface area (Å²) in [5.41, 5.74) is 0. The molecule has 0 unspecified atom stereocenters. The average molecular weight is 502 g/mol. The zero-order valence-corrected chi connectivity index (χ0v) is 18.8. The number of hydrogen-bond acceptors (Lipinski definition) is 3. The molecule has 0 rings (SSSR count). The molecule has 126 valence electrons. The van der Waals surface area contributed by atoms with E-state index < -0.39 is 5.97 Å². The van der Waals surface area contributed by atoms with E-state index in [1.807, 2.05) is 0 Å². The van der Waals surface area contributed by atoms with Crippen LogP contribution in [0, 0.1) is 0 Å². The summed E-state index contributed by atoms with van der Waals surface area (Å²) in [6.45, 7) is 2.20. The van der Waals surface area contributed by atoms with Gasteiger partial charge >= 0.3 is 27.3 Å². The molecule has 0 saturated carbocycles. The van der Waals surface area contributed by atoms with Crippen molar-refractivity contribution in [1.29, 1.82) is 0 Å². The summed E-state index contributed by atoms with van der Waals surface area (Å²) in [5.74, 6) is -0.939. The zero-order chi connectivity index (χ0) is 15.8. The van der Waals surface area contributed by atoms with Crippen LogP contribution in [0.1, 0.15) is 90.4 Å². The van der Waals surface area contributed by atoms with Gasteiger partial charge in [-0.2, -0.15) is 0 Å². The molecular formula is C18H33O3Tl. The molecule has 1 N–H and O–H groups in total. The molecule has 1 atom stereocenters. The van der Waals surface area contributed by atoms with Gasteiger partial charge in [-0.3, -0.25) is 0 Å². The van der Waals surface area contributed by atoms with Gasteiger partial charge in [-0.25, -0.2) is 0 Å². The van der Waals surface area contributed by atoms with Crippen molar-refractivity contribution in [3.63, 3.8) is 0 Å². The van der Waals surface area contributed by atoms with Crippen molar-refractivity contribution in [3.05, 3.63) is 12.2 Å². The minimum atomic E-state index is -0.939. The molecule has 0 aliphatic rings. The Morgan fingerprint density at radius 3 is 2.32 bits per heavy atom. The fourth-order valence-corrected chi connectivity index (χ4v) is 2.36. The van der Waals surface area contributed by atoms with E-state index in [4.69, 9.17) is 0 Å². The number of unbranched alkanes of at least 4 members (excludes halogenated alkanes) is 8. The number of carbonyl (C=O) groups excluding carboxylic acids is 1. The summed E-state index contributed by atoms with van der Waals surface area (Å²) in [6.07, 6.45) is 17.0. The van der Waals surface area contributed by atoms with Crippen molar-refractivity contribution < 1.29 is 15.0 Å². The van der Waals surface area contributed by atoms with Crippen LogP contribution in [0.2, 0.25) is 0 Å². The normalized spacial score (nSPS) is 12.3. The first kappa shape index (κ1) is 24.3. The molecule has 0 aromatic carbocycles. The van der Waals surface area contributed by atoms with Crippen molar-refractivity contribution in [1.82, 2.24) is 0 Å². The molecule has 3 nitrogen and oxygen atoms in total. The molecule has 0 heterocycles. The van der Waals surface area contributed by atoms with Crippen LogP contribution in [0.3, 0.4) is 0 Å². The van der Waals surface area contributed by atoms with Gasteiger partial charge in [0.1, 0.15) is 0 Å². The number of rotatable bonds is 15. The monoisotopic (exact) mass is 502 g/mol. The van der Waals surface area contributed by atoms with Gasteiger partial charge < -0.3 is 15.0 Å². The maximum absolute atomic E-state index is 10.2. The average Bonchev–Trinajstić information content (AvgIpc) is 2.45. The van der Waals surface area contributed by atoms with Crippen molar-refractivity contribution in [2.45, 2.75) is 96.5 Å². The Balaban J connectivity index is 0. The van der Waals surface area contributed by atoms with E-state index in [0.717, 1.165) is 57.8 Å². The van der Waals surface area contributed by atoms with Gasteiger partial charge in [0, 0.05) is 5.97 Å². The van der Waals surface area contributed by atoms with Gasteiger partial charge in [0.2, 0.25) is 0 Å². The quantitative estimate of drug-likeness (QED) is 0.213. The fourth-order valence-electron chi connectivity index (χ4n) is 2.36. The molecule has 22 heavy (non-hydrogen) atoms. The van der Waals surface area contributed by atoms with Gasteiger partial charge in [-0.05, 0) is 38.5 Å². The molecule has 0 aromatic heterocycles. The first-order valence-electron chi connectivity index (χ1n) is 8.69. The number of carboxylic acids is 1. The Labute approximate surface area is 156 Å². The molecule has 0 aromatic rings. The Kier molecular flexibility index (Phi) is 21.2. The first-order valence-corrected chi connectivity index (χ1v) is 8.69. The second kappa shape index (κ2) is 19.1. The van der Waals surface area contributed by atoms with Crippen LogP contribution in [0.15, 0.2) is 12.2 Å². The maximum atomic E-state index is 10.2. The van der Waals surface area contributed by atoms with Gasteiger partial charge in [-0.15, -0.1) is 0 Å². The fraction of sp³-hybridized carbons (Fsp3) is 0.833. The number of carboxylic acid groups (broad SMARTS) is 1. The van der Waals surface area contributed by atoms with Crippen molar-refractivity contribution in [2.24, 2.45) is 0 Å². The molecule has 0 aliphatic carbocycles. The van der Waals surface area contributed by atoms with Crippen LogP contribution < -0.4 is 5.11 Å².